The smallest absolute Gasteiger partial charge is 0.183 e. The summed E-state index contributed by atoms with van der Waals surface area (Å²) >= 11 is 1.69. The van der Waals surface area contributed by atoms with E-state index in [1.54, 1.807) is 11.3 Å². The number of aryl methyl sites for hydroxylation is 1. The number of nitrogens with one attached hydrogen (secondary N) is 1. The zero-order chi connectivity index (χ0) is 12.4. The summed E-state index contributed by atoms with van der Waals surface area (Å²) in [5.74, 6) is 0. The largest absolute Gasteiger partial charge is 0.361 e. The highest BCUT2D eigenvalue weighted by Gasteiger charge is 2.03. The molecule has 18 heavy (non-hydrogen) atoms. The van der Waals surface area contributed by atoms with Crippen LogP contribution in [0.4, 0.5) is 5.13 Å². The Labute approximate surface area is 109 Å². The number of nitrogens with zero attached hydrogens (tertiary/aromatic N) is 3. The van der Waals surface area contributed by atoms with Crippen molar-refractivity contribution in [2.45, 2.75) is 6.42 Å². The van der Waals surface area contributed by atoms with E-state index in [1.807, 2.05) is 42.2 Å². The minimum Gasteiger partial charge on any atom is -0.361 e. The van der Waals surface area contributed by atoms with E-state index >= 15 is 0 Å². The highest BCUT2D eigenvalue weighted by Crippen LogP contribution is 2.25. The first-order valence-electron chi connectivity index (χ1n) is 5.89. The lowest BCUT2D eigenvalue weighted by Crippen LogP contribution is -2.07. The topological polar surface area (TPSA) is 42.7 Å². The molecule has 3 aromatic rings. The Balaban J connectivity index is 1.65. The third-order valence-electron chi connectivity index (χ3n) is 2.87. The molecular weight excluding hydrogens is 244 g/mol. The fourth-order valence-corrected chi connectivity index (χ4v) is 2.78. The van der Waals surface area contributed by atoms with Gasteiger partial charge in [-0.1, -0.05) is 23.5 Å². The van der Waals surface area contributed by atoms with Crippen molar-refractivity contribution in [3.8, 4) is 0 Å². The molecule has 0 spiro atoms. The van der Waals surface area contributed by atoms with Crippen LogP contribution < -0.4 is 5.32 Å². The number of anilines is 1. The van der Waals surface area contributed by atoms with Gasteiger partial charge in [-0.3, -0.25) is 4.68 Å². The van der Waals surface area contributed by atoms with Gasteiger partial charge in [0.1, 0.15) is 0 Å². The lowest BCUT2D eigenvalue weighted by atomic mass is 10.3. The van der Waals surface area contributed by atoms with E-state index in [-0.39, 0.29) is 0 Å². The number of thiazole rings is 1. The first-order valence-corrected chi connectivity index (χ1v) is 6.71. The van der Waals surface area contributed by atoms with Crippen LogP contribution in [0.2, 0.25) is 0 Å². The number of para-hydroxylation sites is 1. The number of hydrogen-bond acceptors (Lipinski definition) is 4. The Hall–Kier alpha value is -1.88. The molecule has 2 aromatic heterocycles. The van der Waals surface area contributed by atoms with Gasteiger partial charge in [0, 0.05) is 31.9 Å². The van der Waals surface area contributed by atoms with Crippen molar-refractivity contribution in [3.63, 3.8) is 0 Å². The minimum absolute atomic E-state index is 0.874. The summed E-state index contributed by atoms with van der Waals surface area (Å²) < 4.78 is 3.13. The van der Waals surface area contributed by atoms with Gasteiger partial charge >= 0.3 is 0 Å². The van der Waals surface area contributed by atoms with Crippen LogP contribution in [0.1, 0.15) is 5.69 Å². The van der Waals surface area contributed by atoms with Gasteiger partial charge in [0.25, 0.3) is 0 Å². The molecule has 0 aliphatic heterocycles. The molecule has 1 N–H and O–H groups in total. The monoisotopic (exact) mass is 258 g/mol. The molecule has 0 radical (unpaired) electrons. The third kappa shape index (κ3) is 2.22. The van der Waals surface area contributed by atoms with E-state index in [2.05, 4.69) is 21.5 Å². The van der Waals surface area contributed by atoms with E-state index < -0.39 is 0 Å². The van der Waals surface area contributed by atoms with Gasteiger partial charge in [0.15, 0.2) is 5.13 Å². The minimum atomic E-state index is 0.874. The van der Waals surface area contributed by atoms with E-state index in [1.165, 1.54) is 10.4 Å². The summed E-state index contributed by atoms with van der Waals surface area (Å²) in [4.78, 5) is 4.54. The second kappa shape index (κ2) is 4.78. The summed E-state index contributed by atoms with van der Waals surface area (Å²) in [5, 5.41) is 8.50. The van der Waals surface area contributed by atoms with E-state index in [0.717, 1.165) is 23.6 Å². The molecule has 5 heteroatoms. The Morgan fingerprint density at radius 2 is 2.17 bits per heavy atom. The summed E-state index contributed by atoms with van der Waals surface area (Å²) in [6.07, 6.45) is 2.78. The Kier molecular flexibility index (Phi) is 2.98. The molecule has 2 heterocycles. The van der Waals surface area contributed by atoms with Crippen LogP contribution in [0.15, 0.2) is 36.5 Å². The molecule has 4 nitrogen and oxygen atoms in total. The quantitative estimate of drug-likeness (QED) is 0.782. The number of benzene rings is 1. The normalized spacial score (nSPS) is 10.9. The van der Waals surface area contributed by atoms with Gasteiger partial charge in [-0.05, 0) is 18.2 Å². The van der Waals surface area contributed by atoms with Crippen LogP contribution in [-0.4, -0.2) is 21.3 Å². The van der Waals surface area contributed by atoms with Crippen LogP contribution in [0, 0.1) is 0 Å². The Bertz CT molecular complexity index is 623. The second-order valence-corrected chi connectivity index (χ2v) is 5.14. The molecule has 1 aromatic carbocycles. The average Bonchev–Trinajstić information content (AvgIpc) is 2.96. The first-order chi connectivity index (χ1) is 8.83. The molecular formula is C13H14N4S. The lowest BCUT2D eigenvalue weighted by molar-refractivity contribution is 0.711. The van der Waals surface area contributed by atoms with Gasteiger partial charge in [-0.15, -0.1) is 0 Å². The van der Waals surface area contributed by atoms with Gasteiger partial charge in [-0.2, -0.15) is 5.10 Å². The molecule has 0 aliphatic rings. The molecule has 0 fully saturated rings. The molecule has 0 saturated heterocycles. The van der Waals surface area contributed by atoms with E-state index in [4.69, 9.17) is 0 Å². The maximum Gasteiger partial charge on any atom is 0.183 e. The van der Waals surface area contributed by atoms with Crippen LogP contribution >= 0.6 is 11.3 Å². The Morgan fingerprint density at radius 3 is 2.94 bits per heavy atom. The SMILES string of the molecule is Cn1nccc1CCNc1nc2ccccc2s1. The highest BCUT2D eigenvalue weighted by molar-refractivity contribution is 7.22. The zero-order valence-corrected chi connectivity index (χ0v) is 10.9. The summed E-state index contributed by atoms with van der Waals surface area (Å²) in [6, 6.07) is 10.2. The van der Waals surface area contributed by atoms with Crippen LogP contribution in [0.5, 0.6) is 0 Å². The van der Waals surface area contributed by atoms with Crippen molar-refractivity contribution in [1.82, 2.24) is 14.8 Å². The van der Waals surface area contributed by atoms with Crippen LogP contribution in [-0.2, 0) is 13.5 Å². The second-order valence-electron chi connectivity index (χ2n) is 4.11. The van der Waals surface area contributed by atoms with Crippen molar-refractivity contribution in [2.75, 3.05) is 11.9 Å². The average molecular weight is 258 g/mol. The number of aromatic nitrogens is 3. The van der Waals surface area contributed by atoms with Gasteiger partial charge < -0.3 is 5.32 Å². The van der Waals surface area contributed by atoms with Crippen molar-refractivity contribution >= 4 is 26.7 Å². The fourth-order valence-electron chi connectivity index (χ4n) is 1.89. The Morgan fingerprint density at radius 1 is 1.28 bits per heavy atom. The third-order valence-corrected chi connectivity index (χ3v) is 3.87. The van der Waals surface area contributed by atoms with Gasteiger partial charge in [-0.25, -0.2) is 4.98 Å². The predicted molar refractivity (Wildman–Crippen MR) is 75.0 cm³/mol. The molecule has 0 aliphatic carbocycles. The molecule has 0 atom stereocenters. The van der Waals surface area contributed by atoms with Crippen molar-refractivity contribution < 1.29 is 0 Å². The first kappa shape index (κ1) is 11.2. The van der Waals surface area contributed by atoms with E-state index in [0.29, 0.717) is 0 Å². The predicted octanol–water partition coefficient (Wildman–Crippen LogP) is 2.68. The fraction of sp³-hybridized carbons (Fsp3) is 0.231. The van der Waals surface area contributed by atoms with Crippen LogP contribution in [0.25, 0.3) is 10.2 Å². The number of hydrogen-bond donors (Lipinski definition) is 1. The van der Waals surface area contributed by atoms with Crippen molar-refractivity contribution in [3.05, 3.63) is 42.2 Å². The van der Waals surface area contributed by atoms with Gasteiger partial charge in [0.05, 0.1) is 10.2 Å². The molecule has 0 unspecified atom stereocenters. The number of fused-ring (bicyclic) bond motifs is 1. The molecule has 92 valence electrons. The molecule has 0 bridgehead atoms. The van der Waals surface area contributed by atoms with Crippen molar-refractivity contribution in [1.29, 1.82) is 0 Å². The molecule has 3 rings (SSSR count). The summed E-state index contributed by atoms with van der Waals surface area (Å²) in [6.45, 7) is 0.874. The maximum atomic E-state index is 4.54. The van der Waals surface area contributed by atoms with Gasteiger partial charge in [0.2, 0.25) is 0 Å². The maximum absolute atomic E-state index is 4.54. The summed E-state index contributed by atoms with van der Waals surface area (Å²) in [7, 11) is 1.97. The molecule has 0 amide bonds. The molecule has 0 saturated carbocycles. The van der Waals surface area contributed by atoms with Crippen molar-refractivity contribution in [2.24, 2.45) is 7.05 Å². The standard InChI is InChI=1S/C13H14N4S/c1-17-10(7-9-15-17)6-8-14-13-16-11-4-2-3-5-12(11)18-13/h2-5,7,9H,6,8H2,1H3,(H,14,16). The number of rotatable bonds is 4. The zero-order valence-electron chi connectivity index (χ0n) is 10.1. The lowest BCUT2D eigenvalue weighted by Gasteiger charge is -2.02. The highest BCUT2D eigenvalue weighted by atomic mass is 32.1. The van der Waals surface area contributed by atoms with Crippen LogP contribution in [0.3, 0.4) is 0 Å². The van der Waals surface area contributed by atoms with E-state index in [9.17, 15) is 0 Å². The summed E-state index contributed by atoms with van der Waals surface area (Å²) in [5.41, 5.74) is 2.29.